The van der Waals surface area contributed by atoms with E-state index in [2.05, 4.69) is 10.6 Å². The van der Waals surface area contributed by atoms with Crippen LogP contribution in [0, 0.1) is 0 Å². The lowest BCUT2D eigenvalue weighted by Gasteiger charge is -2.16. The number of hydrogen-bond donors (Lipinski definition) is 2. The molecule has 0 saturated carbocycles. The number of nitrogens with one attached hydrogen (secondary N) is 2. The Balaban J connectivity index is 1.94. The summed E-state index contributed by atoms with van der Waals surface area (Å²) in [5.74, 6) is 0. The van der Waals surface area contributed by atoms with Crippen molar-refractivity contribution < 1.29 is 9.47 Å². The quantitative estimate of drug-likeness (QED) is 0.576. The topological polar surface area (TPSA) is 42.5 Å². The normalized spacial score (nSPS) is 23.2. The van der Waals surface area contributed by atoms with Crippen molar-refractivity contribution in [2.45, 2.75) is 31.4 Å². The lowest BCUT2D eigenvalue weighted by Crippen LogP contribution is -2.34. The van der Waals surface area contributed by atoms with E-state index in [4.69, 9.17) is 9.47 Å². The van der Waals surface area contributed by atoms with Gasteiger partial charge in [0.25, 0.3) is 0 Å². The lowest BCUT2D eigenvalue weighted by atomic mass is 10.1. The largest absolute Gasteiger partial charge is 0.382 e. The van der Waals surface area contributed by atoms with Gasteiger partial charge in [-0.2, -0.15) is 0 Å². The molecular formula is C11H24N2O2. The first-order valence-electron chi connectivity index (χ1n) is 5.82. The zero-order valence-corrected chi connectivity index (χ0v) is 9.92. The second-order valence-electron chi connectivity index (χ2n) is 4.10. The molecule has 1 heterocycles. The molecule has 90 valence electrons. The van der Waals surface area contributed by atoms with E-state index >= 15 is 0 Å². The van der Waals surface area contributed by atoms with Crippen molar-refractivity contribution in [3.63, 3.8) is 0 Å². The van der Waals surface area contributed by atoms with Gasteiger partial charge in [0.15, 0.2) is 0 Å². The molecule has 15 heavy (non-hydrogen) atoms. The number of rotatable bonds is 8. The molecule has 2 atom stereocenters. The zero-order chi connectivity index (χ0) is 10.9. The van der Waals surface area contributed by atoms with Crippen molar-refractivity contribution in [3.05, 3.63) is 0 Å². The third-order valence-corrected chi connectivity index (χ3v) is 2.89. The van der Waals surface area contributed by atoms with Crippen LogP contribution in [-0.4, -0.2) is 52.6 Å². The smallest absolute Gasteiger partial charge is 0.0928 e. The molecule has 0 aromatic rings. The Hall–Kier alpha value is -0.160. The van der Waals surface area contributed by atoms with Crippen molar-refractivity contribution in [3.8, 4) is 0 Å². The Morgan fingerprint density at radius 3 is 2.93 bits per heavy atom. The van der Waals surface area contributed by atoms with Gasteiger partial charge in [-0.05, 0) is 32.4 Å². The average molecular weight is 216 g/mol. The summed E-state index contributed by atoms with van der Waals surface area (Å²) in [5, 5.41) is 6.89. The highest BCUT2D eigenvalue weighted by atomic mass is 16.5. The predicted molar refractivity (Wildman–Crippen MR) is 61.2 cm³/mol. The minimum atomic E-state index is 0.173. The molecule has 2 N–H and O–H groups in total. The molecule has 2 unspecified atom stereocenters. The van der Waals surface area contributed by atoms with E-state index in [0.29, 0.717) is 6.61 Å². The number of methoxy groups -OCH3 is 2. The maximum absolute atomic E-state index is 5.26. The van der Waals surface area contributed by atoms with Gasteiger partial charge in [-0.3, -0.25) is 0 Å². The van der Waals surface area contributed by atoms with Gasteiger partial charge in [0, 0.05) is 26.8 Å². The van der Waals surface area contributed by atoms with Crippen LogP contribution in [0.5, 0.6) is 0 Å². The Morgan fingerprint density at radius 2 is 2.33 bits per heavy atom. The third kappa shape index (κ3) is 5.47. The summed E-state index contributed by atoms with van der Waals surface area (Å²) < 4.78 is 10.3. The fourth-order valence-corrected chi connectivity index (χ4v) is 1.94. The van der Waals surface area contributed by atoms with E-state index in [9.17, 15) is 0 Å². The standard InChI is InChI=1S/C11H24N2O2/c1-14-9-11(15-2)8-12-7-5-10-4-3-6-13-10/h10-13H,3-9H2,1-2H3. The zero-order valence-electron chi connectivity index (χ0n) is 9.92. The molecule has 1 rings (SSSR count). The van der Waals surface area contributed by atoms with Crippen molar-refractivity contribution in [1.82, 2.24) is 10.6 Å². The molecule has 1 saturated heterocycles. The maximum atomic E-state index is 5.26. The first-order valence-corrected chi connectivity index (χ1v) is 5.82. The number of ether oxygens (including phenoxy) is 2. The molecular weight excluding hydrogens is 192 g/mol. The van der Waals surface area contributed by atoms with Gasteiger partial charge in [0.1, 0.15) is 0 Å². The molecule has 0 radical (unpaired) electrons. The fourth-order valence-electron chi connectivity index (χ4n) is 1.94. The molecule has 1 fully saturated rings. The SMILES string of the molecule is COCC(CNCCC1CCCN1)OC. The van der Waals surface area contributed by atoms with Gasteiger partial charge < -0.3 is 20.1 Å². The molecule has 0 aliphatic carbocycles. The molecule has 4 heteroatoms. The first kappa shape index (κ1) is 12.9. The van der Waals surface area contributed by atoms with Gasteiger partial charge in [-0.15, -0.1) is 0 Å². The second kappa shape index (κ2) is 8.05. The monoisotopic (exact) mass is 216 g/mol. The summed E-state index contributed by atoms with van der Waals surface area (Å²) in [6.07, 6.45) is 4.04. The third-order valence-electron chi connectivity index (χ3n) is 2.89. The molecule has 0 amide bonds. The van der Waals surface area contributed by atoms with Crippen molar-refractivity contribution in [2.75, 3.05) is 40.5 Å². The van der Waals surface area contributed by atoms with Crippen LogP contribution in [0.3, 0.4) is 0 Å². The van der Waals surface area contributed by atoms with Gasteiger partial charge in [-0.1, -0.05) is 0 Å². The second-order valence-corrected chi connectivity index (χ2v) is 4.10. The van der Waals surface area contributed by atoms with Crippen molar-refractivity contribution in [2.24, 2.45) is 0 Å². The molecule has 0 spiro atoms. The Labute approximate surface area is 92.7 Å². The highest BCUT2D eigenvalue weighted by molar-refractivity contribution is 4.75. The summed E-state index contributed by atoms with van der Waals surface area (Å²) in [5.41, 5.74) is 0. The van der Waals surface area contributed by atoms with Crippen LogP contribution in [0.25, 0.3) is 0 Å². The minimum Gasteiger partial charge on any atom is -0.382 e. The van der Waals surface area contributed by atoms with E-state index < -0.39 is 0 Å². The van der Waals surface area contributed by atoms with Crippen LogP contribution in [0.15, 0.2) is 0 Å². The minimum absolute atomic E-state index is 0.173. The van der Waals surface area contributed by atoms with Crippen molar-refractivity contribution >= 4 is 0 Å². The molecule has 1 aliphatic rings. The summed E-state index contributed by atoms with van der Waals surface area (Å²) in [7, 11) is 3.43. The van der Waals surface area contributed by atoms with Crippen LogP contribution in [0.4, 0.5) is 0 Å². The Morgan fingerprint density at radius 1 is 1.47 bits per heavy atom. The molecule has 4 nitrogen and oxygen atoms in total. The highest BCUT2D eigenvalue weighted by Gasteiger charge is 2.13. The lowest BCUT2D eigenvalue weighted by molar-refractivity contribution is 0.0289. The molecule has 1 aliphatic heterocycles. The van der Waals surface area contributed by atoms with Crippen LogP contribution >= 0.6 is 0 Å². The summed E-state index contributed by atoms with van der Waals surface area (Å²) >= 11 is 0. The Bertz CT molecular complexity index is 150. The van der Waals surface area contributed by atoms with Gasteiger partial charge >= 0.3 is 0 Å². The van der Waals surface area contributed by atoms with Crippen molar-refractivity contribution in [1.29, 1.82) is 0 Å². The van der Waals surface area contributed by atoms with E-state index in [1.165, 1.54) is 25.8 Å². The average Bonchev–Trinajstić information content (AvgIpc) is 2.75. The number of hydrogen-bond acceptors (Lipinski definition) is 4. The fraction of sp³-hybridized carbons (Fsp3) is 1.00. The molecule has 0 aromatic carbocycles. The van der Waals surface area contributed by atoms with E-state index in [1.54, 1.807) is 14.2 Å². The van der Waals surface area contributed by atoms with Crippen LogP contribution in [-0.2, 0) is 9.47 Å². The van der Waals surface area contributed by atoms with Gasteiger partial charge in [-0.25, -0.2) is 0 Å². The van der Waals surface area contributed by atoms with Gasteiger partial charge in [0.05, 0.1) is 12.7 Å². The summed E-state index contributed by atoms with van der Waals surface area (Å²) in [6, 6.07) is 0.723. The van der Waals surface area contributed by atoms with Crippen LogP contribution < -0.4 is 10.6 Å². The van der Waals surface area contributed by atoms with Crippen LogP contribution in [0.2, 0.25) is 0 Å². The predicted octanol–water partition coefficient (Wildman–Crippen LogP) is 0.380. The summed E-state index contributed by atoms with van der Waals surface area (Å²) in [4.78, 5) is 0. The summed E-state index contributed by atoms with van der Waals surface area (Å²) in [6.45, 7) is 3.78. The van der Waals surface area contributed by atoms with Gasteiger partial charge in [0.2, 0.25) is 0 Å². The Kier molecular flexibility index (Phi) is 6.92. The first-order chi connectivity index (χ1) is 7.36. The van der Waals surface area contributed by atoms with E-state index in [1.807, 2.05) is 0 Å². The molecule has 0 aromatic heterocycles. The highest BCUT2D eigenvalue weighted by Crippen LogP contribution is 2.07. The molecule has 0 bridgehead atoms. The van der Waals surface area contributed by atoms with E-state index in [-0.39, 0.29) is 6.10 Å². The van der Waals surface area contributed by atoms with Crippen LogP contribution in [0.1, 0.15) is 19.3 Å². The maximum Gasteiger partial charge on any atom is 0.0928 e. The van der Waals surface area contributed by atoms with E-state index in [0.717, 1.165) is 19.1 Å².